The van der Waals surface area contributed by atoms with Gasteiger partial charge in [0.05, 0.1) is 10.7 Å². The summed E-state index contributed by atoms with van der Waals surface area (Å²) in [7, 11) is -4.25. The molecular formula is C28H19ClN2O6S. The van der Waals surface area contributed by atoms with Gasteiger partial charge in [0.1, 0.15) is 10.5 Å². The number of halogens is 1. The minimum Gasteiger partial charge on any atom is -0.378 e. The standard InChI is InChI=1S/C28H19ClN2O6S/c1-17-10-13-19(14-11-17)38(35,36)37-25-15-12-18-6-2-3-7-20(18)21(25)16-22-26(32)30-28(34)31(27(22)33)24-9-5-4-8-23(24)29/h2-16H,1H3,(H,30,32,34)/b22-16+. The van der Waals surface area contributed by atoms with Crippen LogP contribution in [0.25, 0.3) is 16.8 Å². The van der Waals surface area contributed by atoms with Gasteiger partial charge in [0.25, 0.3) is 11.8 Å². The average molecular weight is 547 g/mol. The average Bonchev–Trinajstić information content (AvgIpc) is 2.88. The van der Waals surface area contributed by atoms with Gasteiger partial charge in [0.15, 0.2) is 5.75 Å². The summed E-state index contributed by atoms with van der Waals surface area (Å²) in [6, 6.07) is 21.5. The number of rotatable bonds is 5. The zero-order valence-electron chi connectivity index (χ0n) is 19.8. The van der Waals surface area contributed by atoms with E-state index in [1.54, 1.807) is 54.6 Å². The van der Waals surface area contributed by atoms with Crippen LogP contribution in [0.1, 0.15) is 11.1 Å². The monoisotopic (exact) mass is 546 g/mol. The molecule has 0 atom stereocenters. The van der Waals surface area contributed by atoms with Crippen molar-refractivity contribution >= 4 is 62.1 Å². The lowest BCUT2D eigenvalue weighted by Crippen LogP contribution is -2.54. The van der Waals surface area contributed by atoms with E-state index in [1.807, 2.05) is 6.92 Å². The third kappa shape index (κ3) is 4.65. The van der Waals surface area contributed by atoms with E-state index in [0.29, 0.717) is 10.8 Å². The summed E-state index contributed by atoms with van der Waals surface area (Å²) in [6.45, 7) is 1.83. The first-order valence-electron chi connectivity index (χ1n) is 11.3. The highest BCUT2D eigenvalue weighted by Gasteiger charge is 2.38. The molecule has 4 aromatic carbocycles. The van der Waals surface area contributed by atoms with Crippen LogP contribution in [0.2, 0.25) is 5.02 Å². The highest BCUT2D eigenvalue weighted by Crippen LogP contribution is 2.34. The topological polar surface area (TPSA) is 110 Å². The number of anilines is 1. The maximum Gasteiger partial charge on any atom is 0.339 e. The Bertz CT molecular complexity index is 1760. The van der Waals surface area contributed by atoms with Gasteiger partial charge in [-0.15, -0.1) is 0 Å². The Balaban J connectivity index is 1.65. The lowest BCUT2D eigenvalue weighted by molar-refractivity contribution is -0.122. The van der Waals surface area contributed by atoms with Gasteiger partial charge in [-0.3, -0.25) is 14.9 Å². The van der Waals surface area contributed by atoms with Crippen LogP contribution < -0.4 is 14.4 Å². The largest absolute Gasteiger partial charge is 0.378 e. The van der Waals surface area contributed by atoms with Gasteiger partial charge in [-0.05, 0) is 54.1 Å². The number of aryl methyl sites for hydroxylation is 1. The van der Waals surface area contributed by atoms with Gasteiger partial charge in [0.2, 0.25) is 0 Å². The van der Waals surface area contributed by atoms with Crippen LogP contribution in [0.15, 0.2) is 95.4 Å². The summed E-state index contributed by atoms with van der Waals surface area (Å²) >= 11 is 6.21. The van der Waals surface area contributed by atoms with E-state index < -0.39 is 33.5 Å². The number of nitrogens with zero attached hydrogens (tertiary/aromatic N) is 1. The van der Waals surface area contributed by atoms with Crippen molar-refractivity contribution in [1.82, 2.24) is 5.32 Å². The molecule has 1 saturated heterocycles. The lowest BCUT2D eigenvalue weighted by atomic mass is 10.00. The van der Waals surface area contributed by atoms with Crippen molar-refractivity contribution in [3.8, 4) is 5.75 Å². The molecule has 0 saturated carbocycles. The van der Waals surface area contributed by atoms with Crippen molar-refractivity contribution in [3.05, 3.63) is 107 Å². The summed E-state index contributed by atoms with van der Waals surface area (Å²) in [6.07, 6.45) is 1.22. The number of hydrogen-bond acceptors (Lipinski definition) is 6. The number of urea groups is 1. The fourth-order valence-corrected chi connectivity index (χ4v) is 5.19. The van der Waals surface area contributed by atoms with Crippen molar-refractivity contribution < 1.29 is 27.0 Å². The molecule has 4 aromatic rings. The molecule has 4 amide bonds. The number of para-hydroxylation sites is 1. The number of carbonyl (C=O) groups is 3. The van der Waals surface area contributed by atoms with E-state index in [-0.39, 0.29) is 26.9 Å². The normalized spacial score (nSPS) is 15.2. The Morgan fingerprint density at radius 1 is 0.868 bits per heavy atom. The fourth-order valence-electron chi connectivity index (χ4n) is 4.02. The van der Waals surface area contributed by atoms with E-state index >= 15 is 0 Å². The number of barbiturate groups is 1. The zero-order valence-corrected chi connectivity index (χ0v) is 21.4. The van der Waals surface area contributed by atoms with Crippen molar-refractivity contribution in [2.75, 3.05) is 4.90 Å². The van der Waals surface area contributed by atoms with Crippen molar-refractivity contribution in [3.63, 3.8) is 0 Å². The zero-order chi connectivity index (χ0) is 27.0. The molecule has 0 aliphatic carbocycles. The van der Waals surface area contributed by atoms with Crippen LogP contribution >= 0.6 is 11.6 Å². The molecule has 1 aliphatic heterocycles. The summed E-state index contributed by atoms with van der Waals surface area (Å²) in [5.74, 6) is -1.96. The number of carbonyl (C=O) groups excluding carboxylic acids is 3. The second-order valence-corrected chi connectivity index (χ2v) is 10.4. The number of amides is 4. The van der Waals surface area contributed by atoms with Crippen LogP contribution in [0.4, 0.5) is 10.5 Å². The summed E-state index contributed by atoms with van der Waals surface area (Å²) in [5.41, 5.74) is 0.732. The Labute approximate surface area is 223 Å². The number of nitrogens with one attached hydrogen (secondary N) is 1. The second kappa shape index (κ2) is 9.77. The van der Waals surface area contributed by atoms with Crippen molar-refractivity contribution in [2.45, 2.75) is 11.8 Å². The molecule has 38 heavy (non-hydrogen) atoms. The third-order valence-corrected chi connectivity index (χ3v) is 7.49. The van der Waals surface area contributed by atoms with Crippen LogP contribution in [-0.4, -0.2) is 26.3 Å². The predicted octanol–water partition coefficient (Wildman–Crippen LogP) is 5.24. The summed E-state index contributed by atoms with van der Waals surface area (Å²) in [5, 5.41) is 3.51. The smallest absolute Gasteiger partial charge is 0.339 e. The van der Waals surface area contributed by atoms with E-state index in [9.17, 15) is 22.8 Å². The van der Waals surface area contributed by atoms with Crippen molar-refractivity contribution in [1.29, 1.82) is 0 Å². The number of fused-ring (bicyclic) bond motifs is 1. The third-order valence-electron chi connectivity index (χ3n) is 5.92. The molecule has 0 bridgehead atoms. The molecule has 1 N–H and O–H groups in total. The van der Waals surface area contributed by atoms with Gasteiger partial charge < -0.3 is 4.18 Å². The molecule has 0 aromatic heterocycles. The van der Waals surface area contributed by atoms with Crippen molar-refractivity contribution in [2.24, 2.45) is 0 Å². The molecule has 1 fully saturated rings. The number of hydrogen-bond donors (Lipinski definition) is 1. The quantitative estimate of drug-likeness (QED) is 0.208. The molecule has 8 nitrogen and oxygen atoms in total. The predicted molar refractivity (Wildman–Crippen MR) is 143 cm³/mol. The molecule has 0 radical (unpaired) electrons. The van der Waals surface area contributed by atoms with Crippen LogP contribution in [0, 0.1) is 6.92 Å². The maximum absolute atomic E-state index is 13.4. The number of imide groups is 2. The Hall–Kier alpha value is -4.47. The Kier molecular flexibility index (Phi) is 6.48. The van der Waals surface area contributed by atoms with Gasteiger partial charge in [0, 0.05) is 5.56 Å². The van der Waals surface area contributed by atoms with Gasteiger partial charge in [-0.1, -0.05) is 71.8 Å². The fraction of sp³-hybridized carbons (Fsp3) is 0.0357. The minimum absolute atomic E-state index is 0.0585. The lowest BCUT2D eigenvalue weighted by Gasteiger charge is -2.27. The van der Waals surface area contributed by atoms with Crippen LogP contribution in [0.5, 0.6) is 5.75 Å². The molecule has 0 unspecified atom stereocenters. The molecule has 10 heteroatoms. The second-order valence-electron chi connectivity index (χ2n) is 8.46. The van der Waals surface area contributed by atoms with E-state index in [0.717, 1.165) is 10.5 Å². The first-order chi connectivity index (χ1) is 18.2. The van der Waals surface area contributed by atoms with Gasteiger partial charge >= 0.3 is 16.1 Å². The minimum atomic E-state index is -4.25. The highest BCUT2D eigenvalue weighted by atomic mass is 35.5. The van der Waals surface area contributed by atoms with E-state index in [2.05, 4.69) is 5.32 Å². The highest BCUT2D eigenvalue weighted by molar-refractivity contribution is 7.87. The molecule has 0 spiro atoms. The maximum atomic E-state index is 13.4. The van der Waals surface area contributed by atoms with E-state index in [1.165, 1.54) is 36.4 Å². The summed E-state index contributed by atoms with van der Waals surface area (Å²) in [4.78, 5) is 39.6. The van der Waals surface area contributed by atoms with Crippen LogP contribution in [0.3, 0.4) is 0 Å². The first kappa shape index (κ1) is 25.2. The first-order valence-corrected chi connectivity index (χ1v) is 13.1. The Morgan fingerprint density at radius 2 is 1.55 bits per heavy atom. The van der Waals surface area contributed by atoms with Gasteiger partial charge in [-0.2, -0.15) is 8.42 Å². The van der Waals surface area contributed by atoms with Crippen LogP contribution in [-0.2, 0) is 19.7 Å². The Morgan fingerprint density at radius 3 is 2.29 bits per heavy atom. The molecule has 1 heterocycles. The van der Waals surface area contributed by atoms with E-state index in [4.69, 9.17) is 15.8 Å². The molecule has 190 valence electrons. The number of benzene rings is 4. The SMILES string of the molecule is Cc1ccc(S(=O)(=O)Oc2ccc3ccccc3c2/C=C2\C(=O)NC(=O)N(c3ccccc3Cl)C2=O)cc1. The molecule has 1 aliphatic rings. The molecular weight excluding hydrogens is 528 g/mol. The molecule has 5 rings (SSSR count). The van der Waals surface area contributed by atoms with Gasteiger partial charge in [-0.25, -0.2) is 9.69 Å². The summed E-state index contributed by atoms with van der Waals surface area (Å²) < 4.78 is 31.7.